The maximum atomic E-state index is 13.1. The fraction of sp³-hybridized carbons (Fsp3) is 0.949. The van der Waals surface area contributed by atoms with Gasteiger partial charge in [-0.05, 0) is 25.7 Å². The van der Waals surface area contributed by atoms with E-state index in [9.17, 15) is 43.2 Å². The highest BCUT2D eigenvalue weighted by Gasteiger charge is 2.30. The van der Waals surface area contributed by atoms with Gasteiger partial charge in [-0.2, -0.15) is 0 Å². The number of rotatable bonds is 80. The molecule has 5 atom stereocenters. The van der Waals surface area contributed by atoms with Crippen LogP contribution in [0.5, 0.6) is 0 Å². The predicted octanol–water partition coefficient (Wildman–Crippen LogP) is 23.8. The van der Waals surface area contributed by atoms with E-state index in [1.165, 1.54) is 257 Å². The smallest absolute Gasteiger partial charge is 0.462 e. The highest BCUT2D eigenvalue weighted by atomic mass is 31.2. The summed E-state index contributed by atoms with van der Waals surface area (Å²) in [6, 6.07) is 0. The van der Waals surface area contributed by atoms with Gasteiger partial charge >= 0.3 is 39.5 Å². The van der Waals surface area contributed by atoms with Gasteiger partial charge in [0.2, 0.25) is 0 Å². The van der Waals surface area contributed by atoms with Gasteiger partial charge < -0.3 is 33.8 Å². The van der Waals surface area contributed by atoms with E-state index in [0.717, 1.165) is 89.9 Å². The first-order valence-corrected chi connectivity index (χ1v) is 44.3. The van der Waals surface area contributed by atoms with Crippen LogP contribution in [-0.4, -0.2) is 96.7 Å². The number of hydrogen-bond acceptors (Lipinski definition) is 15. The van der Waals surface area contributed by atoms with Gasteiger partial charge in [-0.1, -0.05) is 374 Å². The number of ether oxygens (including phenoxy) is 4. The van der Waals surface area contributed by atoms with Crippen LogP contribution < -0.4 is 0 Å². The Kier molecular flexibility index (Phi) is 71.9. The molecule has 19 heteroatoms. The molecule has 0 heterocycles. The topological polar surface area (TPSA) is 237 Å². The van der Waals surface area contributed by atoms with Crippen molar-refractivity contribution in [3.8, 4) is 0 Å². The first-order chi connectivity index (χ1) is 47.7. The summed E-state index contributed by atoms with van der Waals surface area (Å²) < 4.78 is 68.6. The minimum Gasteiger partial charge on any atom is -0.462 e. The van der Waals surface area contributed by atoms with Crippen LogP contribution in [0, 0.1) is 0 Å². The molecule has 0 aromatic carbocycles. The summed E-state index contributed by atoms with van der Waals surface area (Å²) in [4.78, 5) is 72.9. The van der Waals surface area contributed by atoms with Crippen molar-refractivity contribution in [1.82, 2.24) is 0 Å². The quantitative estimate of drug-likeness (QED) is 0.0222. The number of hydrogen-bond donors (Lipinski definition) is 3. The number of phosphoric acid groups is 2. The van der Waals surface area contributed by atoms with Crippen molar-refractivity contribution in [3.63, 3.8) is 0 Å². The lowest BCUT2D eigenvalue weighted by Crippen LogP contribution is -2.30. The van der Waals surface area contributed by atoms with Gasteiger partial charge in [-0.15, -0.1) is 0 Å². The maximum absolute atomic E-state index is 13.1. The number of carbonyl (C=O) groups is 4. The molecule has 0 aromatic rings. The van der Waals surface area contributed by atoms with Crippen LogP contribution in [0.3, 0.4) is 0 Å². The second-order valence-electron chi connectivity index (χ2n) is 28.5. The fourth-order valence-electron chi connectivity index (χ4n) is 12.3. The van der Waals surface area contributed by atoms with E-state index in [0.29, 0.717) is 25.7 Å². The summed E-state index contributed by atoms with van der Waals surface area (Å²) >= 11 is 0. The molecular weight excluding hydrogens is 1280 g/mol. The second-order valence-corrected chi connectivity index (χ2v) is 31.4. The van der Waals surface area contributed by atoms with Crippen molar-refractivity contribution in [1.29, 1.82) is 0 Å². The van der Waals surface area contributed by atoms with Gasteiger partial charge in [-0.25, -0.2) is 9.13 Å². The normalized spacial score (nSPS) is 13.8. The van der Waals surface area contributed by atoms with E-state index in [-0.39, 0.29) is 25.7 Å². The largest absolute Gasteiger partial charge is 0.472 e. The van der Waals surface area contributed by atoms with E-state index < -0.39 is 97.5 Å². The zero-order valence-electron chi connectivity index (χ0n) is 63.8. The molecule has 17 nitrogen and oxygen atoms in total. The molecule has 0 rings (SSSR count). The number of unbranched alkanes of at least 4 members (excludes halogenated alkanes) is 54. The number of carbonyl (C=O) groups excluding carboxylic acids is 4. The molecular formula is C79H154O17P2. The third-order valence-electron chi connectivity index (χ3n) is 18.6. The van der Waals surface area contributed by atoms with Gasteiger partial charge in [0, 0.05) is 25.7 Å². The van der Waals surface area contributed by atoms with Crippen LogP contribution in [0.15, 0.2) is 0 Å². The van der Waals surface area contributed by atoms with Gasteiger partial charge in [-0.3, -0.25) is 37.3 Å². The van der Waals surface area contributed by atoms with Crippen molar-refractivity contribution in [2.24, 2.45) is 0 Å². The average molecular weight is 1440 g/mol. The Morgan fingerprint density at radius 2 is 0.408 bits per heavy atom. The van der Waals surface area contributed by atoms with Crippen LogP contribution in [0.2, 0.25) is 0 Å². The molecule has 0 aliphatic heterocycles. The third-order valence-corrected chi connectivity index (χ3v) is 20.5. The Morgan fingerprint density at radius 3 is 0.602 bits per heavy atom. The van der Waals surface area contributed by atoms with Crippen LogP contribution in [0.1, 0.15) is 426 Å². The van der Waals surface area contributed by atoms with Gasteiger partial charge in [0.25, 0.3) is 0 Å². The Morgan fingerprint density at radius 1 is 0.245 bits per heavy atom. The van der Waals surface area contributed by atoms with Crippen molar-refractivity contribution in [3.05, 3.63) is 0 Å². The summed E-state index contributed by atoms with van der Waals surface area (Å²) in [5.74, 6) is -2.11. The third kappa shape index (κ3) is 72.4. The van der Waals surface area contributed by atoms with Crippen molar-refractivity contribution >= 4 is 39.5 Å². The predicted molar refractivity (Wildman–Crippen MR) is 400 cm³/mol. The minimum absolute atomic E-state index is 0.108. The molecule has 2 unspecified atom stereocenters. The van der Waals surface area contributed by atoms with E-state index in [2.05, 4.69) is 27.7 Å². The molecule has 0 saturated carbocycles. The van der Waals surface area contributed by atoms with E-state index in [4.69, 9.17) is 37.0 Å². The maximum Gasteiger partial charge on any atom is 0.472 e. The summed E-state index contributed by atoms with van der Waals surface area (Å²) in [5, 5.41) is 10.6. The first-order valence-electron chi connectivity index (χ1n) is 41.3. The Balaban J connectivity index is 5.18. The Hall–Kier alpha value is -1.94. The number of phosphoric ester groups is 2. The second kappa shape index (κ2) is 73.4. The lowest BCUT2D eigenvalue weighted by atomic mass is 10.0. The molecule has 0 aliphatic carbocycles. The van der Waals surface area contributed by atoms with E-state index >= 15 is 0 Å². The average Bonchev–Trinajstić information content (AvgIpc) is 1.06. The molecule has 3 N–H and O–H groups in total. The summed E-state index contributed by atoms with van der Waals surface area (Å²) in [6.45, 7) is 5.00. The Labute approximate surface area is 600 Å². The molecule has 0 aromatic heterocycles. The molecule has 0 amide bonds. The number of aliphatic hydroxyl groups excluding tert-OH is 1. The summed E-state index contributed by atoms with van der Waals surface area (Å²) in [7, 11) is -9.91. The molecule has 0 fully saturated rings. The van der Waals surface area contributed by atoms with Crippen molar-refractivity contribution in [2.45, 2.75) is 444 Å². The van der Waals surface area contributed by atoms with E-state index in [1.807, 2.05) is 0 Å². The van der Waals surface area contributed by atoms with Crippen LogP contribution >= 0.6 is 15.6 Å². The summed E-state index contributed by atoms with van der Waals surface area (Å²) in [5.41, 5.74) is 0. The van der Waals surface area contributed by atoms with Crippen molar-refractivity contribution in [2.75, 3.05) is 39.6 Å². The van der Waals surface area contributed by atoms with Gasteiger partial charge in [0.1, 0.15) is 19.3 Å². The van der Waals surface area contributed by atoms with Crippen LogP contribution in [-0.2, 0) is 65.4 Å². The molecule has 0 saturated heterocycles. The molecule has 582 valence electrons. The highest BCUT2D eigenvalue weighted by Crippen LogP contribution is 2.45. The monoisotopic (exact) mass is 1440 g/mol. The van der Waals surface area contributed by atoms with Crippen LogP contribution in [0.4, 0.5) is 0 Å². The lowest BCUT2D eigenvalue weighted by molar-refractivity contribution is -0.161. The molecule has 0 bridgehead atoms. The summed E-state index contributed by atoms with van der Waals surface area (Å²) in [6.07, 6.45) is 65.2. The van der Waals surface area contributed by atoms with Gasteiger partial charge in [0.05, 0.1) is 26.4 Å². The number of aliphatic hydroxyl groups is 1. The molecule has 0 radical (unpaired) electrons. The highest BCUT2D eigenvalue weighted by molar-refractivity contribution is 7.47. The standard InChI is InChI=1S/C79H154O17P2/c1-5-9-13-17-21-25-29-32-33-34-35-36-37-38-39-40-43-46-50-54-58-62-66-79(84)96-75(70-90-77(82)64-60-56-52-48-44-41-30-26-22-18-14-10-6-2)72-94-98(87,88)92-68-73(80)67-91-97(85,86)93-71-74(69-89-76(81)63-59-55-51-47-28-24-20-16-12-8-4)95-78(83)65-61-57-53-49-45-42-31-27-23-19-15-11-7-3/h73-75,80H,5-72H2,1-4H3,(H,85,86)(H,87,88)/t73-,74+,75+/m0/s1. The molecule has 0 spiro atoms. The molecule has 98 heavy (non-hydrogen) atoms. The molecule has 0 aliphatic rings. The number of esters is 4. The van der Waals surface area contributed by atoms with Gasteiger partial charge in [0.15, 0.2) is 12.2 Å². The lowest BCUT2D eigenvalue weighted by Gasteiger charge is -2.21. The van der Waals surface area contributed by atoms with E-state index in [1.54, 1.807) is 0 Å². The van der Waals surface area contributed by atoms with Crippen molar-refractivity contribution < 1.29 is 80.2 Å². The SMILES string of the molecule is CCCCCCCCCCCCCCCCCCCCCCCCC(=O)O[C@H](COC(=O)CCCCCCCCCCCCCCC)COP(=O)(O)OC[C@@H](O)COP(=O)(O)OC[C@@H](COC(=O)CCCCCCCCCCCC)OC(=O)CCCCCCCCCCCCCCC. The first kappa shape index (κ1) is 96.1. The Bertz CT molecular complexity index is 1860. The zero-order valence-corrected chi connectivity index (χ0v) is 65.6. The minimum atomic E-state index is -4.96. The van der Waals surface area contributed by atoms with Crippen LogP contribution in [0.25, 0.3) is 0 Å². The zero-order chi connectivity index (χ0) is 71.8. The fourth-order valence-corrected chi connectivity index (χ4v) is 13.9.